The first-order valence-corrected chi connectivity index (χ1v) is 5.08. The molecule has 1 atom stereocenters. The molecule has 1 heterocycles. The molecule has 0 aromatic heterocycles. The Labute approximate surface area is 89.8 Å². The van der Waals surface area contributed by atoms with E-state index in [0.29, 0.717) is 19.7 Å². The van der Waals surface area contributed by atoms with E-state index in [2.05, 4.69) is 0 Å². The molecule has 1 rings (SSSR count). The van der Waals surface area contributed by atoms with Crippen molar-refractivity contribution in [3.8, 4) is 0 Å². The maximum Gasteiger partial charge on any atom is 0.246 e. The largest absolute Gasteiger partial charge is 0.394 e. The molecule has 1 fully saturated rings. The summed E-state index contributed by atoms with van der Waals surface area (Å²) in [7, 11) is 0. The van der Waals surface area contributed by atoms with Crippen molar-refractivity contribution in [1.29, 1.82) is 0 Å². The SMILES string of the molecule is C/C=C/C=CC(=O)N1CCOC(CO)C1. The molecule has 15 heavy (non-hydrogen) atoms. The van der Waals surface area contributed by atoms with Gasteiger partial charge in [-0.25, -0.2) is 0 Å². The quantitative estimate of drug-likeness (QED) is 0.541. The van der Waals surface area contributed by atoms with Crippen molar-refractivity contribution in [3.05, 3.63) is 24.3 Å². The van der Waals surface area contributed by atoms with E-state index >= 15 is 0 Å². The second kappa shape index (κ2) is 6.37. The fourth-order valence-electron chi connectivity index (χ4n) is 1.38. The standard InChI is InChI=1S/C11H17NO3/c1-2-3-4-5-11(14)12-6-7-15-10(8-12)9-13/h2-5,10,13H,6-9H2,1H3/b3-2+,5-4?. The number of allylic oxidation sites excluding steroid dienone is 3. The Morgan fingerprint density at radius 2 is 2.40 bits per heavy atom. The highest BCUT2D eigenvalue weighted by Gasteiger charge is 2.21. The van der Waals surface area contributed by atoms with Gasteiger partial charge >= 0.3 is 0 Å². The van der Waals surface area contributed by atoms with Crippen molar-refractivity contribution < 1.29 is 14.6 Å². The Hall–Kier alpha value is -1.13. The number of rotatable bonds is 3. The number of hydrogen-bond donors (Lipinski definition) is 1. The molecule has 84 valence electrons. The Morgan fingerprint density at radius 1 is 1.60 bits per heavy atom. The van der Waals surface area contributed by atoms with Crippen LogP contribution in [0.4, 0.5) is 0 Å². The highest BCUT2D eigenvalue weighted by atomic mass is 16.5. The molecular weight excluding hydrogens is 194 g/mol. The van der Waals surface area contributed by atoms with E-state index in [1.165, 1.54) is 6.08 Å². The van der Waals surface area contributed by atoms with Crippen molar-refractivity contribution in [2.75, 3.05) is 26.3 Å². The van der Waals surface area contributed by atoms with Crippen LogP contribution in [0.3, 0.4) is 0 Å². The van der Waals surface area contributed by atoms with E-state index in [4.69, 9.17) is 9.84 Å². The number of amides is 1. The molecule has 0 spiro atoms. The third kappa shape index (κ3) is 3.85. The van der Waals surface area contributed by atoms with Gasteiger partial charge in [0, 0.05) is 19.2 Å². The van der Waals surface area contributed by atoms with Gasteiger partial charge in [-0.05, 0) is 6.92 Å². The van der Waals surface area contributed by atoms with Crippen LogP contribution >= 0.6 is 0 Å². The van der Waals surface area contributed by atoms with E-state index in [1.54, 1.807) is 11.0 Å². The van der Waals surface area contributed by atoms with Crippen molar-refractivity contribution >= 4 is 5.91 Å². The van der Waals surface area contributed by atoms with Crippen LogP contribution in [0.15, 0.2) is 24.3 Å². The molecule has 0 saturated carbocycles. The van der Waals surface area contributed by atoms with Gasteiger partial charge in [-0.15, -0.1) is 0 Å². The Kier molecular flexibility index (Phi) is 5.07. The van der Waals surface area contributed by atoms with Gasteiger partial charge < -0.3 is 14.7 Å². The lowest BCUT2D eigenvalue weighted by molar-refractivity contribution is -0.135. The summed E-state index contributed by atoms with van der Waals surface area (Å²) in [5.41, 5.74) is 0. The summed E-state index contributed by atoms with van der Waals surface area (Å²) in [6, 6.07) is 0. The molecule has 1 aliphatic heterocycles. The summed E-state index contributed by atoms with van der Waals surface area (Å²) < 4.78 is 5.25. The van der Waals surface area contributed by atoms with Crippen LogP contribution in [0.1, 0.15) is 6.92 Å². The topological polar surface area (TPSA) is 49.8 Å². The minimum absolute atomic E-state index is 0.0325. The van der Waals surface area contributed by atoms with Crippen LogP contribution < -0.4 is 0 Å². The molecule has 0 radical (unpaired) electrons. The van der Waals surface area contributed by atoms with Crippen LogP contribution in [0.25, 0.3) is 0 Å². The van der Waals surface area contributed by atoms with Gasteiger partial charge in [-0.3, -0.25) is 4.79 Å². The van der Waals surface area contributed by atoms with Gasteiger partial charge in [-0.2, -0.15) is 0 Å². The fraction of sp³-hybridized carbons (Fsp3) is 0.545. The van der Waals surface area contributed by atoms with Crippen LogP contribution in [0, 0.1) is 0 Å². The molecule has 0 aromatic carbocycles. The Bertz CT molecular complexity index is 261. The maximum atomic E-state index is 11.6. The first-order valence-electron chi connectivity index (χ1n) is 5.08. The van der Waals surface area contributed by atoms with Gasteiger partial charge in [0.15, 0.2) is 0 Å². The number of morpholine rings is 1. The second-order valence-electron chi connectivity index (χ2n) is 3.34. The highest BCUT2D eigenvalue weighted by Crippen LogP contribution is 2.05. The van der Waals surface area contributed by atoms with E-state index in [0.717, 1.165) is 0 Å². The number of nitrogens with zero attached hydrogens (tertiary/aromatic N) is 1. The Morgan fingerprint density at radius 3 is 3.07 bits per heavy atom. The molecule has 4 nitrogen and oxygen atoms in total. The van der Waals surface area contributed by atoms with Crippen LogP contribution in [-0.2, 0) is 9.53 Å². The van der Waals surface area contributed by atoms with Gasteiger partial charge in [0.25, 0.3) is 0 Å². The molecule has 0 aliphatic carbocycles. The molecule has 1 saturated heterocycles. The molecule has 1 amide bonds. The van der Waals surface area contributed by atoms with Gasteiger partial charge in [0.2, 0.25) is 5.91 Å². The van der Waals surface area contributed by atoms with Crippen LogP contribution in [0.2, 0.25) is 0 Å². The summed E-state index contributed by atoms with van der Waals surface area (Å²) >= 11 is 0. The first-order chi connectivity index (χ1) is 7.27. The normalized spacial score (nSPS) is 22.8. The van der Waals surface area contributed by atoms with E-state index in [1.807, 2.05) is 19.1 Å². The monoisotopic (exact) mass is 211 g/mol. The van der Waals surface area contributed by atoms with Crippen molar-refractivity contribution in [1.82, 2.24) is 4.90 Å². The third-order valence-electron chi connectivity index (χ3n) is 2.20. The average molecular weight is 211 g/mol. The molecule has 1 N–H and O–H groups in total. The van der Waals surface area contributed by atoms with E-state index in [9.17, 15) is 4.79 Å². The summed E-state index contributed by atoms with van der Waals surface area (Å²) in [6.07, 6.45) is 6.67. The lowest BCUT2D eigenvalue weighted by atomic mass is 10.2. The summed E-state index contributed by atoms with van der Waals surface area (Å²) in [5, 5.41) is 8.91. The minimum atomic E-state index is -0.238. The predicted octanol–water partition coefficient (Wildman–Crippen LogP) is 0.338. The molecule has 4 heteroatoms. The summed E-state index contributed by atoms with van der Waals surface area (Å²) in [5.74, 6) is -0.0325. The van der Waals surface area contributed by atoms with Crippen molar-refractivity contribution in [2.24, 2.45) is 0 Å². The highest BCUT2D eigenvalue weighted by molar-refractivity contribution is 5.87. The number of aliphatic hydroxyl groups excluding tert-OH is 1. The third-order valence-corrected chi connectivity index (χ3v) is 2.20. The van der Waals surface area contributed by atoms with E-state index < -0.39 is 0 Å². The number of aliphatic hydroxyl groups is 1. The molecule has 1 unspecified atom stereocenters. The van der Waals surface area contributed by atoms with E-state index in [-0.39, 0.29) is 18.6 Å². The summed E-state index contributed by atoms with van der Waals surface area (Å²) in [6.45, 7) is 3.41. The number of carbonyl (C=O) groups is 1. The lowest BCUT2D eigenvalue weighted by Gasteiger charge is -2.31. The molecular formula is C11H17NO3. The van der Waals surface area contributed by atoms with Gasteiger partial charge in [-0.1, -0.05) is 18.2 Å². The number of ether oxygens (including phenoxy) is 1. The number of hydrogen-bond acceptors (Lipinski definition) is 3. The van der Waals surface area contributed by atoms with Crippen LogP contribution in [-0.4, -0.2) is 48.3 Å². The van der Waals surface area contributed by atoms with Crippen molar-refractivity contribution in [3.63, 3.8) is 0 Å². The number of carbonyl (C=O) groups excluding carboxylic acids is 1. The lowest BCUT2D eigenvalue weighted by Crippen LogP contribution is -2.46. The van der Waals surface area contributed by atoms with Gasteiger partial charge in [0.1, 0.15) is 0 Å². The minimum Gasteiger partial charge on any atom is -0.394 e. The van der Waals surface area contributed by atoms with Gasteiger partial charge in [0.05, 0.1) is 19.3 Å². The fourth-order valence-corrected chi connectivity index (χ4v) is 1.38. The smallest absolute Gasteiger partial charge is 0.246 e. The Balaban J connectivity index is 2.45. The maximum absolute atomic E-state index is 11.6. The average Bonchev–Trinajstić information content (AvgIpc) is 2.29. The predicted molar refractivity (Wildman–Crippen MR) is 57.4 cm³/mol. The van der Waals surface area contributed by atoms with Crippen LogP contribution in [0.5, 0.6) is 0 Å². The van der Waals surface area contributed by atoms with Crippen molar-refractivity contribution in [2.45, 2.75) is 13.0 Å². The summed E-state index contributed by atoms with van der Waals surface area (Å²) in [4.78, 5) is 13.3. The zero-order chi connectivity index (χ0) is 11.1. The zero-order valence-corrected chi connectivity index (χ0v) is 8.93. The second-order valence-corrected chi connectivity index (χ2v) is 3.34. The molecule has 0 bridgehead atoms. The molecule has 0 aromatic rings. The molecule has 1 aliphatic rings. The zero-order valence-electron chi connectivity index (χ0n) is 8.93. The first kappa shape index (κ1) is 11.9.